The van der Waals surface area contributed by atoms with E-state index in [0.29, 0.717) is 13.2 Å². The van der Waals surface area contributed by atoms with E-state index in [-0.39, 0.29) is 23.2 Å². The fraction of sp³-hybridized carbons (Fsp3) is 0.711. The number of nitrogens with zero attached hydrogens (tertiary/aromatic N) is 2. The fourth-order valence-corrected chi connectivity index (χ4v) is 6.81. The number of carbonyl (C=O) groups is 1. The maximum atomic E-state index is 13.3. The summed E-state index contributed by atoms with van der Waals surface area (Å²) in [6.07, 6.45) is 8.91. The second-order valence-corrected chi connectivity index (χ2v) is 13.3. The van der Waals surface area contributed by atoms with Crippen LogP contribution in [0.5, 0.6) is 5.75 Å². The van der Waals surface area contributed by atoms with Crippen molar-refractivity contribution >= 4 is 5.91 Å². The van der Waals surface area contributed by atoms with Crippen LogP contribution in [0.25, 0.3) is 0 Å². The van der Waals surface area contributed by atoms with E-state index in [2.05, 4.69) is 114 Å². The van der Waals surface area contributed by atoms with Crippen LogP contribution in [0.15, 0.2) is 30.5 Å². The van der Waals surface area contributed by atoms with Gasteiger partial charge in [-0.25, -0.2) is 0 Å². The first-order valence-corrected chi connectivity index (χ1v) is 17.6. The van der Waals surface area contributed by atoms with Gasteiger partial charge in [0.1, 0.15) is 11.4 Å². The predicted octanol–water partition coefficient (Wildman–Crippen LogP) is 8.37. The highest BCUT2D eigenvalue weighted by Crippen LogP contribution is 2.41. The number of amides is 1. The molecule has 0 bridgehead atoms. The summed E-state index contributed by atoms with van der Waals surface area (Å²) in [6.45, 7) is 26.8. The third kappa shape index (κ3) is 9.36. The van der Waals surface area contributed by atoms with Gasteiger partial charge in [-0.2, -0.15) is 0 Å². The number of rotatable bonds is 21. The van der Waals surface area contributed by atoms with E-state index >= 15 is 0 Å². The zero-order valence-corrected chi connectivity index (χ0v) is 29.9. The van der Waals surface area contributed by atoms with Gasteiger partial charge in [-0.1, -0.05) is 73.9 Å². The van der Waals surface area contributed by atoms with Crippen molar-refractivity contribution in [3.63, 3.8) is 0 Å². The average Bonchev–Trinajstić information content (AvgIpc) is 3.45. The molecule has 0 aliphatic heterocycles. The van der Waals surface area contributed by atoms with Crippen molar-refractivity contribution in [2.75, 3.05) is 32.8 Å². The molecule has 0 aliphatic carbocycles. The van der Waals surface area contributed by atoms with E-state index in [1.54, 1.807) is 0 Å². The molecule has 2 aromatic rings. The zero-order valence-electron chi connectivity index (χ0n) is 29.9. The summed E-state index contributed by atoms with van der Waals surface area (Å²) in [5, 5.41) is 14.2. The number of ether oxygens (including phenoxy) is 1. The lowest BCUT2D eigenvalue weighted by atomic mass is 9.71. The Bertz CT molecular complexity index is 1120. The molecule has 0 saturated heterocycles. The molecule has 6 nitrogen and oxygen atoms in total. The van der Waals surface area contributed by atoms with Crippen molar-refractivity contribution in [1.82, 2.24) is 14.8 Å². The average molecular weight is 612 g/mol. The van der Waals surface area contributed by atoms with Crippen LogP contribution in [-0.2, 0) is 12.0 Å². The largest absolute Gasteiger partial charge is 0.493 e. The maximum absolute atomic E-state index is 13.3. The summed E-state index contributed by atoms with van der Waals surface area (Å²) in [5.74, 6) is 1.47. The minimum atomic E-state index is -0.591. The van der Waals surface area contributed by atoms with Gasteiger partial charge < -0.3 is 24.6 Å². The van der Waals surface area contributed by atoms with Gasteiger partial charge in [0, 0.05) is 24.7 Å². The predicted molar refractivity (Wildman–Crippen MR) is 186 cm³/mol. The molecule has 2 N–H and O–H groups in total. The number of hydrogen-bond acceptors (Lipinski definition) is 4. The van der Waals surface area contributed by atoms with Gasteiger partial charge in [0.05, 0.1) is 12.2 Å². The molecule has 0 spiro atoms. The van der Waals surface area contributed by atoms with Gasteiger partial charge in [0.2, 0.25) is 0 Å². The van der Waals surface area contributed by atoms with E-state index in [0.717, 1.165) is 88.1 Å². The molecule has 0 fully saturated rings. The number of carbonyl (C=O) groups excluding carboxylic acids is 1. The monoisotopic (exact) mass is 612 g/mol. The molecule has 1 heterocycles. The second kappa shape index (κ2) is 18.0. The molecule has 0 unspecified atom stereocenters. The topological polar surface area (TPSA) is 66.7 Å². The standard InChI is InChI=1S/C38H65N3O3/c1-11-37(12-2,33-27-34(41(15-5)28-33)36(42)39-23-19-24-40(13-3)14-4)32-20-21-35(31(10)26-32)44-25-18-16-17-22-38(43,29(6)7)30(8)9/h20-21,26-30,43H,11-19,22-25H2,1-10H3,(H,39,42). The molecule has 1 aromatic heterocycles. The highest BCUT2D eigenvalue weighted by Gasteiger charge is 2.34. The number of aliphatic hydroxyl groups is 1. The van der Waals surface area contributed by atoms with Crippen molar-refractivity contribution in [1.29, 1.82) is 0 Å². The normalized spacial score (nSPS) is 12.5. The zero-order chi connectivity index (χ0) is 32.9. The SMILES string of the molecule is CCN(CC)CCCNC(=O)c1cc(C(CC)(CC)c2ccc(OCCCCCC(O)(C(C)C)C(C)C)c(C)c2)cn1CC. The van der Waals surface area contributed by atoms with E-state index in [1.165, 1.54) is 11.1 Å². The van der Waals surface area contributed by atoms with Crippen LogP contribution in [0.3, 0.4) is 0 Å². The van der Waals surface area contributed by atoms with Crippen LogP contribution in [0.2, 0.25) is 0 Å². The molecule has 0 saturated carbocycles. The Balaban J connectivity index is 2.09. The molecular formula is C38H65N3O3. The maximum Gasteiger partial charge on any atom is 0.267 e. The van der Waals surface area contributed by atoms with Crippen molar-refractivity contribution in [3.8, 4) is 5.75 Å². The lowest BCUT2D eigenvalue weighted by Crippen LogP contribution is -2.40. The first-order chi connectivity index (χ1) is 20.9. The van der Waals surface area contributed by atoms with Crippen LogP contribution in [0.4, 0.5) is 0 Å². The highest BCUT2D eigenvalue weighted by atomic mass is 16.5. The quantitative estimate of drug-likeness (QED) is 0.139. The molecule has 0 radical (unpaired) electrons. The minimum Gasteiger partial charge on any atom is -0.493 e. The number of benzene rings is 1. The Morgan fingerprint density at radius 2 is 1.59 bits per heavy atom. The molecule has 1 amide bonds. The third-order valence-corrected chi connectivity index (χ3v) is 10.3. The molecule has 0 atom stereocenters. The van der Waals surface area contributed by atoms with Gasteiger partial charge >= 0.3 is 0 Å². The van der Waals surface area contributed by atoms with Gasteiger partial charge in [0.25, 0.3) is 5.91 Å². The van der Waals surface area contributed by atoms with Crippen molar-refractivity contribution in [2.45, 2.75) is 132 Å². The van der Waals surface area contributed by atoms with E-state index < -0.39 is 5.60 Å². The van der Waals surface area contributed by atoms with Gasteiger partial charge in [0.15, 0.2) is 0 Å². The van der Waals surface area contributed by atoms with Crippen LogP contribution in [0, 0.1) is 18.8 Å². The number of nitrogens with one attached hydrogen (secondary N) is 1. The lowest BCUT2D eigenvalue weighted by molar-refractivity contribution is -0.0556. The first-order valence-electron chi connectivity index (χ1n) is 17.6. The first kappa shape index (κ1) is 37.9. The second-order valence-electron chi connectivity index (χ2n) is 13.3. The summed E-state index contributed by atoms with van der Waals surface area (Å²) in [4.78, 5) is 15.6. The molecule has 1 aromatic carbocycles. The van der Waals surface area contributed by atoms with Crippen molar-refractivity contribution in [3.05, 3.63) is 52.8 Å². The van der Waals surface area contributed by atoms with Crippen LogP contribution < -0.4 is 10.1 Å². The van der Waals surface area contributed by atoms with E-state index in [9.17, 15) is 9.90 Å². The molecule has 44 heavy (non-hydrogen) atoms. The summed E-state index contributed by atoms with van der Waals surface area (Å²) in [7, 11) is 0. The Labute approximate surface area is 270 Å². The smallest absolute Gasteiger partial charge is 0.267 e. The summed E-state index contributed by atoms with van der Waals surface area (Å²) in [6, 6.07) is 8.75. The Kier molecular flexibility index (Phi) is 15.5. The summed E-state index contributed by atoms with van der Waals surface area (Å²) < 4.78 is 8.33. The van der Waals surface area contributed by atoms with Crippen molar-refractivity contribution in [2.24, 2.45) is 11.8 Å². The van der Waals surface area contributed by atoms with E-state index in [4.69, 9.17) is 4.74 Å². The fourth-order valence-electron chi connectivity index (χ4n) is 6.81. The minimum absolute atomic E-state index is 0.0109. The Morgan fingerprint density at radius 1 is 0.932 bits per heavy atom. The van der Waals surface area contributed by atoms with E-state index in [1.807, 2.05) is 0 Å². The number of hydrogen-bond donors (Lipinski definition) is 2. The number of aryl methyl sites for hydroxylation is 2. The third-order valence-electron chi connectivity index (χ3n) is 10.3. The van der Waals surface area contributed by atoms with Gasteiger partial charge in [-0.15, -0.1) is 0 Å². The summed E-state index contributed by atoms with van der Waals surface area (Å²) >= 11 is 0. The molecule has 0 aliphatic rings. The van der Waals surface area contributed by atoms with Crippen LogP contribution in [0.1, 0.15) is 134 Å². The van der Waals surface area contributed by atoms with Gasteiger partial charge in [-0.3, -0.25) is 4.79 Å². The number of aromatic nitrogens is 1. The van der Waals surface area contributed by atoms with Crippen LogP contribution >= 0.6 is 0 Å². The Hall–Kier alpha value is -2.31. The van der Waals surface area contributed by atoms with Gasteiger partial charge in [-0.05, 0) is 113 Å². The molecule has 2 rings (SSSR count). The molecule has 250 valence electrons. The lowest BCUT2D eigenvalue weighted by Gasteiger charge is -2.36. The molecule has 6 heteroatoms. The summed E-state index contributed by atoms with van der Waals surface area (Å²) in [5.41, 5.74) is 3.59. The number of unbranched alkanes of at least 4 members (excludes halogenated alkanes) is 2. The Morgan fingerprint density at radius 3 is 2.14 bits per heavy atom. The molecular weight excluding hydrogens is 546 g/mol. The van der Waals surface area contributed by atoms with Crippen LogP contribution in [-0.4, -0.2) is 58.9 Å². The van der Waals surface area contributed by atoms with Crippen molar-refractivity contribution < 1.29 is 14.6 Å². The highest BCUT2D eigenvalue weighted by molar-refractivity contribution is 5.93.